The molecule has 166 valence electrons. The van der Waals surface area contributed by atoms with E-state index in [0.717, 1.165) is 36.2 Å². The smallest absolute Gasteiger partial charge is 0.277 e. The Morgan fingerprint density at radius 3 is 2.75 bits per heavy atom. The number of nitrogens with one attached hydrogen (secondary N) is 1. The number of piperidine rings is 1. The number of carbonyl (C=O) groups excluding carboxylic acids is 2. The van der Waals surface area contributed by atoms with Gasteiger partial charge in [0.05, 0.1) is 36.0 Å². The Bertz CT molecular complexity index is 1230. The lowest BCUT2D eigenvalue weighted by atomic mass is 9.98. The van der Waals surface area contributed by atoms with Crippen LogP contribution in [0.5, 0.6) is 0 Å². The van der Waals surface area contributed by atoms with Gasteiger partial charge in [0.2, 0.25) is 11.8 Å². The third kappa shape index (κ3) is 3.70. The molecule has 0 spiro atoms. The number of likely N-dealkylation sites (tertiary alicyclic amines) is 1. The maximum Gasteiger partial charge on any atom is 0.277 e. The fourth-order valence-electron chi connectivity index (χ4n) is 4.86. The minimum Gasteiger partial charge on any atom is -0.338 e. The lowest BCUT2D eigenvalue weighted by Gasteiger charge is -2.35. The molecule has 1 unspecified atom stereocenters. The second kappa shape index (κ2) is 8.26. The van der Waals surface area contributed by atoms with E-state index >= 15 is 0 Å². The maximum absolute atomic E-state index is 13.2. The molecule has 5 rings (SSSR count). The Hall–Kier alpha value is -3.42. The van der Waals surface area contributed by atoms with Gasteiger partial charge in [-0.05, 0) is 24.8 Å². The summed E-state index contributed by atoms with van der Waals surface area (Å²) < 4.78 is 1.46. The summed E-state index contributed by atoms with van der Waals surface area (Å²) in [7, 11) is 0. The summed E-state index contributed by atoms with van der Waals surface area (Å²) in [5, 5.41) is 3.22. The molecule has 3 aromatic rings. The minimum absolute atomic E-state index is 0.0397. The van der Waals surface area contributed by atoms with Crippen LogP contribution in [0.2, 0.25) is 0 Å². The number of carbonyl (C=O) groups is 2. The summed E-state index contributed by atoms with van der Waals surface area (Å²) in [5.74, 6) is 0.0540. The highest BCUT2D eigenvalue weighted by molar-refractivity contribution is 5.79. The van der Waals surface area contributed by atoms with E-state index in [1.165, 1.54) is 11.4 Å². The number of benzene rings is 1. The predicted octanol–water partition coefficient (Wildman–Crippen LogP) is 2.22. The van der Waals surface area contributed by atoms with E-state index in [2.05, 4.69) is 5.10 Å². The molecule has 4 heterocycles. The third-order valence-corrected chi connectivity index (χ3v) is 6.61. The second-order valence-corrected chi connectivity index (χ2v) is 8.70. The second-order valence-electron chi connectivity index (χ2n) is 8.70. The zero-order valence-electron chi connectivity index (χ0n) is 18.2. The van der Waals surface area contributed by atoms with Crippen LogP contribution in [0.15, 0.2) is 41.2 Å². The standard InChI is InChI=1S/C24H27N5O3/c1-16(30)27-12-10-19-18(15-27)24(32)29-22(25-19)14-20(26-29)21-9-5-6-11-28(21)23(31)13-17-7-3-2-4-8-17/h2-4,7-8,14,21,26H,5-6,9-13,15H2,1H3. The first kappa shape index (κ1) is 20.5. The van der Waals surface area contributed by atoms with Gasteiger partial charge in [-0.25, -0.2) is 9.50 Å². The van der Waals surface area contributed by atoms with E-state index < -0.39 is 0 Å². The molecule has 2 aliphatic heterocycles. The van der Waals surface area contributed by atoms with Crippen molar-refractivity contribution in [3.8, 4) is 0 Å². The van der Waals surface area contributed by atoms with Crippen LogP contribution in [-0.2, 0) is 29.0 Å². The molecular weight excluding hydrogens is 406 g/mol. The molecule has 2 aliphatic rings. The van der Waals surface area contributed by atoms with Gasteiger partial charge in [-0.15, -0.1) is 0 Å². The molecule has 0 aliphatic carbocycles. The topological polar surface area (TPSA) is 90.8 Å². The fraction of sp³-hybridized carbons (Fsp3) is 0.417. The van der Waals surface area contributed by atoms with Crippen LogP contribution in [0.3, 0.4) is 0 Å². The zero-order valence-corrected chi connectivity index (χ0v) is 18.2. The van der Waals surface area contributed by atoms with E-state index in [4.69, 9.17) is 4.98 Å². The van der Waals surface area contributed by atoms with Gasteiger partial charge in [0, 0.05) is 32.5 Å². The first-order valence-corrected chi connectivity index (χ1v) is 11.2. The molecule has 32 heavy (non-hydrogen) atoms. The first-order valence-electron chi connectivity index (χ1n) is 11.2. The fourth-order valence-corrected chi connectivity index (χ4v) is 4.86. The Morgan fingerprint density at radius 2 is 1.97 bits per heavy atom. The zero-order chi connectivity index (χ0) is 22.2. The van der Waals surface area contributed by atoms with Crippen molar-refractivity contribution in [2.45, 2.75) is 51.6 Å². The van der Waals surface area contributed by atoms with Crippen molar-refractivity contribution >= 4 is 17.5 Å². The van der Waals surface area contributed by atoms with Crippen molar-refractivity contribution in [1.29, 1.82) is 0 Å². The number of hydrogen-bond donors (Lipinski definition) is 1. The van der Waals surface area contributed by atoms with Gasteiger partial charge in [-0.2, -0.15) is 0 Å². The molecule has 2 amide bonds. The first-order chi connectivity index (χ1) is 15.5. The molecule has 8 nitrogen and oxygen atoms in total. The van der Waals surface area contributed by atoms with Gasteiger partial charge < -0.3 is 9.80 Å². The predicted molar refractivity (Wildman–Crippen MR) is 119 cm³/mol. The van der Waals surface area contributed by atoms with Crippen LogP contribution >= 0.6 is 0 Å². The Morgan fingerprint density at radius 1 is 1.16 bits per heavy atom. The number of amides is 2. The van der Waals surface area contributed by atoms with Gasteiger partial charge in [-0.3, -0.25) is 19.5 Å². The number of hydrogen-bond acceptors (Lipinski definition) is 4. The molecule has 1 saturated heterocycles. The number of nitrogens with zero attached hydrogens (tertiary/aromatic N) is 4. The van der Waals surface area contributed by atoms with Gasteiger partial charge in [-0.1, -0.05) is 30.3 Å². The summed E-state index contributed by atoms with van der Waals surface area (Å²) in [6.07, 6.45) is 3.79. The van der Waals surface area contributed by atoms with Gasteiger partial charge >= 0.3 is 0 Å². The van der Waals surface area contributed by atoms with E-state index in [-0.39, 0.29) is 23.4 Å². The van der Waals surface area contributed by atoms with Crippen molar-refractivity contribution in [1.82, 2.24) is 24.4 Å². The summed E-state index contributed by atoms with van der Waals surface area (Å²) in [6.45, 7) is 3.09. The quantitative estimate of drug-likeness (QED) is 0.686. The molecule has 0 saturated carbocycles. The van der Waals surface area contributed by atoms with E-state index in [1.54, 1.807) is 4.90 Å². The van der Waals surface area contributed by atoms with Crippen molar-refractivity contribution < 1.29 is 9.59 Å². The van der Waals surface area contributed by atoms with Crippen LogP contribution in [0.1, 0.15) is 54.7 Å². The molecule has 0 bridgehead atoms. The van der Waals surface area contributed by atoms with E-state index in [1.807, 2.05) is 41.3 Å². The van der Waals surface area contributed by atoms with Crippen LogP contribution in [0.25, 0.3) is 5.65 Å². The van der Waals surface area contributed by atoms with Crippen molar-refractivity contribution in [2.75, 3.05) is 13.1 Å². The van der Waals surface area contributed by atoms with Crippen molar-refractivity contribution in [3.05, 3.63) is 69.3 Å². The lowest BCUT2D eigenvalue weighted by Crippen LogP contribution is -2.40. The van der Waals surface area contributed by atoms with Gasteiger partial charge in [0.1, 0.15) is 0 Å². The molecule has 2 aromatic heterocycles. The molecule has 1 N–H and O–H groups in total. The lowest BCUT2D eigenvalue weighted by molar-refractivity contribution is -0.134. The average Bonchev–Trinajstić information content (AvgIpc) is 3.24. The summed E-state index contributed by atoms with van der Waals surface area (Å²) in [6, 6.07) is 11.6. The van der Waals surface area contributed by atoms with E-state index in [0.29, 0.717) is 43.7 Å². The Balaban J connectivity index is 1.46. The molecule has 1 fully saturated rings. The number of H-pyrrole nitrogens is 1. The highest BCUT2D eigenvalue weighted by atomic mass is 16.2. The minimum atomic E-state index is -0.167. The largest absolute Gasteiger partial charge is 0.338 e. The van der Waals surface area contributed by atoms with Crippen LogP contribution in [0.4, 0.5) is 0 Å². The van der Waals surface area contributed by atoms with Crippen LogP contribution in [0, 0.1) is 0 Å². The molecule has 0 radical (unpaired) electrons. The normalized spacial score (nSPS) is 18.6. The molecule has 8 heteroatoms. The van der Waals surface area contributed by atoms with Crippen LogP contribution in [-0.4, -0.2) is 49.3 Å². The monoisotopic (exact) mass is 433 g/mol. The number of aromatic amines is 1. The van der Waals surface area contributed by atoms with Crippen molar-refractivity contribution in [3.63, 3.8) is 0 Å². The maximum atomic E-state index is 13.2. The molecular formula is C24H27N5O3. The number of rotatable bonds is 3. The third-order valence-electron chi connectivity index (χ3n) is 6.61. The Labute approximate surface area is 185 Å². The van der Waals surface area contributed by atoms with Crippen LogP contribution < -0.4 is 5.56 Å². The summed E-state index contributed by atoms with van der Waals surface area (Å²) in [5.41, 5.74) is 3.57. The number of fused-ring (bicyclic) bond motifs is 2. The highest BCUT2D eigenvalue weighted by Crippen LogP contribution is 2.31. The molecule has 1 aromatic carbocycles. The number of aromatic nitrogens is 3. The highest BCUT2D eigenvalue weighted by Gasteiger charge is 2.30. The molecule has 1 atom stereocenters. The van der Waals surface area contributed by atoms with Crippen molar-refractivity contribution in [2.24, 2.45) is 0 Å². The van der Waals surface area contributed by atoms with Gasteiger partial charge in [0.25, 0.3) is 5.56 Å². The summed E-state index contributed by atoms with van der Waals surface area (Å²) >= 11 is 0. The van der Waals surface area contributed by atoms with Gasteiger partial charge in [0.15, 0.2) is 5.65 Å². The van der Waals surface area contributed by atoms with E-state index in [9.17, 15) is 14.4 Å². The SMILES string of the molecule is CC(=O)N1CCc2nc3cc(C4CCCCN4C(=O)Cc4ccccc4)[nH]n3c(=O)c2C1. The average molecular weight is 434 g/mol. The summed E-state index contributed by atoms with van der Waals surface area (Å²) in [4.78, 5) is 46.4. The Kier molecular flexibility index (Phi) is 5.28.